The summed E-state index contributed by atoms with van der Waals surface area (Å²) in [5.41, 5.74) is 3.03. The molecule has 0 saturated heterocycles. The van der Waals surface area contributed by atoms with Gasteiger partial charge in [-0.25, -0.2) is 4.98 Å². The van der Waals surface area contributed by atoms with Crippen LogP contribution in [-0.2, 0) is 13.0 Å². The lowest BCUT2D eigenvalue weighted by atomic mass is 10.0. The molecule has 0 N–H and O–H groups in total. The van der Waals surface area contributed by atoms with Gasteiger partial charge < -0.3 is 8.42 Å². The Morgan fingerprint density at radius 1 is 0.852 bits per heavy atom. The summed E-state index contributed by atoms with van der Waals surface area (Å²) in [7, 11) is 0. The number of benzene rings is 3. The first kappa shape index (κ1) is 16.1. The van der Waals surface area contributed by atoms with E-state index in [4.69, 9.17) is 8.83 Å². The molecule has 3 aromatic carbocycles. The first-order valence-electron chi connectivity index (χ1n) is 9.03. The third-order valence-electron chi connectivity index (χ3n) is 4.82. The van der Waals surface area contributed by atoms with Crippen LogP contribution in [0.5, 0.6) is 0 Å². The van der Waals surface area contributed by atoms with Crippen LogP contribution in [0.3, 0.4) is 0 Å². The molecule has 4 heteroatoms. The van der Waals surface area contributed by atoms with Gasteiger partial charge >= 0.3 is 0 Å². The molecule has 132 valence electrons. The summed E-state index contributed by atoms with van der Waals surface area (Å²) in [6.45, 7) is 0.864. The number of rotatable bonds is 3. The Balaban J connectivity index is 1.56. The summed E-state index contributed by atoms with van der Waals surface area (Å²) in [5, 5.41) is 2.61. The fourth-order valence-electron chi connectivity index (χ4n) is 3.46. The van der Waals surface area contributed by atoms with Crippen LogP contribution >= 0.6 is 11.6 Å². The maximum atomic E-state index is 5.86. The van der Waals surface area contributed by atoms with E-state index in [2.05, 4.69) is 65.4 Å². The molecule has 0 atom stereocenters. The Hall–Kier alpha value is -3.11. The molecule has 5 rings (SSSR count). The molecule has 3 aromatic rings. The zero-order chi connectivity index (χ0) is 18.1. The zero-order valence-corrected chi connectivity index (χ0v) is 15.5. The summed E-state index contributed by atoms with van der Waals surface area (Å²) in [4.78, 5) is 5.93. The summed E-state index contributed by atoms with van der Waals surface area (Å²) in [6, 6.07) is 27.1. The number of aryl methyl sites for hydroxylation is 2. The lowest BCUT2D eigenvalue weighted by Crippen LogP contribution is -2.06. The number of hydrogen-bond acceptors (Lipinski definition) is 3. The fourth-order valence-corrected chi connectivity index (χ4v) is 4.15. The molecule has 2 aliphatic rings. The van der Waals surface area contributed by atoms with Gasteiger partial charge in [-0.15, -0.1) is 0 Å². The third kappa shape index (κ3) is 3.09. The average molecular weight is 370 g/mol. The molecule has 0 aromatic heterocycles. The van der Waals surface area contributed by atoms with Crippen molar-refractivity contribution >= 4 is 33.5 Å². The first-order chi connectivity index (χ1) is 13.4. The third-order valence-corrected chi connectivity index (χ3v) is 5.58. The van der Waals surface area contributed by atoms with Gasteiger partial charge in [0, 0.05) is 24.4 Å². The molecule has 0 saturated carbocycles. The lowest BCUT2D eigenvalue weighted by Gasteiger charge is -2.13. The molecule has 0 unspecified atom stereocenters. The van der Waals surface area contributed by atoms with Gasteiger partial charge in [-0.2, -0.15) is 0 Å². The van der Waals surface area contributed by atoms with Crippen molar-refractivity contribution in [3.05, 3.63) is 90.6 Å². The molecule has 0 spiro atoms. The highest BCUT2D eigenvalue weighted by molar-refractivity contribution is 7.06. The number of para-hydroxylation sites is 2. The SMILES string of the molecule is c1ccc2c(CCn3cccc4soc5ccccc5nc3-4)cccc2c1. The van der Waals surface area contributed by atoms with E-state index >= 15 is 0 Å². The van der Waals surface area contributed by atoms with Gasteiger partial charge in [0.25, 0.3) is 0 Å². The summed E-state index contributed by atoms with van der Waals surface area (Å²) < 4.78 is 8.08. The molecule has 3 nitrogen and oxygen atoms in total. The van der Waals surface area contributed by atoms with E-state index in [9.17, 15) is 0 Å². The molecular formula is C23H18N2OS. The van der Waals surface area contributed by atoms with Crippen LogP contribution in [0, 0.1) is 0 Å². The molecular weight excluding hydrogens is 352 g/mol. The Bertz CT molecular complexity index is 1240. The predicted molar refractivity (Wildman–Crippen MR) is 112 cm³/mol. The minimum atomic E-state index is 0.805. The van der Waals surface area contributed by atoms with Crippen LogP contribution in [0.25, 0.3) is 32.6 Å². The van der Waals surface area contributed by atoms with Gasteiger partial charge in [0.1, 0.15) is 10.4 Å². The van der Waals surface area contributed by atoms with Crippen molar-refractivity contribution in [2.24, 2.45) is 0 Å². The second-order valence-corrected chi connectivity index (χ2v) is 7.30. The number of nitrogens with zero attached hydrogens (tertiary/aromatic N) is 2. The van der Waals surface area contributed by atoms with Crippen LogP contribution < -0.4 is 0 Å². The van der Waals surface area contributed by atoms with Crippen molar-refractivity contribution < 1.29 is 3.85 Å². The molecule has 2 aliphatic heterocycles. The predicted octanol–water partition coefficient (Wildman–Crippen LogP) is 6.32. The summed E-state index contributed by atoms with van der Waals surface area (Å²) in [5.74, 6) is 0.952. The molecule has 27 heavy (non-hydrogen) atoms. The summed E-state index contributed by atoms with van der Waals surface area (Å²) >= 11 is 1.38. The van der Waals surface area contributed by atoms with E-state index in [0.717, 1.165) is 34.8 Å². The van der Waals surface area contributed by atoms with Crippen molar-refractivity contribution in [2.75, 3.05) is 0 Å². The number of fused-ring (bicyclic) bond motifs is 3. The standard InChI is InChI=1S/C23H18N2OS/c1-2-10-19-17(7-1)8-5-9-18(19)14-16-25-15-6-13-22-23(25)24-20-11-3-4-12-21(20)26-27-22/h1-13,15H,14,16H2. The van der Waals surface area contributed by atoms with Gasteiger partial charge in [0.05, 0.1) is 0 Å². The van der Waals surface area contributed by atoms with Crippen molar-refractivity contribution in [2.45, 2.75) is 13.0 Å². The zero-order valence-electron chi connectivity index (χ0n) is 14.7. The monoisotopic (exact) mass is 370 g/mol. The van der Waals surface area contributed by atoms with E-state index in [1.54, 1.807) is 0 Å². The highest BCUT2D eigenvalue weighted by atomic mass is 32.1. The van der Waals surface area contributed by atoms with Crippen LogP contribution in [0.2, 0.25) is 0 Å². The van der Waals surface area contributed by atoms with Crippen molar-refractivity contribution in [3.8, 4) is 10.7 Å². The Morgan fingerprint density at radius 3 is 2.70 bits per heavy atom. The smallest absolute Gasteiger partial charge is 0.169 e. The maximum Gasteiger partial charge on any atom is 0.169 e. The Morgan fingerprint density at radius 2 is 1.70 bits per heavy atom. The first-order valence-corrected chi connectivity index (χ1v) is 9.77. The second-order valence-electron chi connectivity index (χ2n) is 6.52. The van der Waals surface area contributed by atoms with E-state index in [1.165, 1.54) is 28.0 Å². The Labute approximate surface area is 161 Å². The quantitative estimate of drug-likeness (QED) is 0.372. The van der Waals surface area contributed by atoms with Gasteiger partial charge in [0.2, 0.25) is 0 Å². The second kappa shape index (κ2) is 6.89. The molecule has 0 amide bonds. The van der Waals surface area contributed by atoms with Gasteiger partial charge in [0.15, 0.2) is 11.4 Å². The highest BCUT2D eigenvalue weighted by Crippen LogP contribution is 2.27. The van der Waals surface area contributed by atoms with Crippen LogP contribution in [0.15, 0.2) is 88.9 Å². The molecule has 0 aliphatic carbocycles. The van der Waals surface area contributed by atoms with Gasteiger partial charge in [-0.3, -0.25) is 0 Å². The molecule has 0 bridgehead atoms. The van der Waals surface area contributed by atoms with Gasteiger partial charge in [-0.05, 0) is 47.0 Å². The maximum absolute atomic E-state index is 5.86. The molecule has 0 fully saturated rings. The molecule has 0 radical (unpaired) electrons. The lowest BCUT2D eigenvalue weighted by molar-refractivity contribution is 0.692. The highest BCUT2D eigenvalue weighted by Gasteiger charge is 2.10. The van der Waals surface area contributed by atoms with Crippen LogP contribution in [0.4, 0.5) is 0 Å². The van der Waals surface area contributed by atoms with Crippen molar-refractivity contribution in [3.63, 3.8) is 0 Å². The van der Waals surface area contributed by atoms with Crippen molar-refractivity contribution in [1.29, 1.82) is 0 Å². The number of hydrogen-bond donors (Lipinski definition) is 0. The van der Waals surface area contributed by atoms with Gasteiger partial charge in [-0.1, -0.05) is 54.6 Å². The number of aromatic nitrogens is 2. The normalized spacial score (nSPS) is 11.3. The molecule has 2 heterocycles. The minimum Gasteiger partial charge on any atom is -0.399 e. The van der Waals surface area contributed by atoms with Crippen LogP contribution in [0.1, 0.15) is 5.56 Å². The largest absolute Gasteiger partial charge is 0.399 e. The average Bonchev–Trinajstić information content (AvgIpc) is 2.92. The van der Waals surface area contributed by atoms with E-state index in [1.807, 2.05) is 24.3 Å². The summed E-state index contributed by atoms with van der Waals surface area (Å²) in [6.07, 6.45) is 3.05. The van der Waals surface area contributed by atoms with Crippen LogP contribution in [-0.4, -0.2) is 9.55 Å². The Kier molecular flexibility index (Phi) is 4.11. The minimum absolute atomic E-state index is 0.805. The van der Waals surface area contributed by atoms with E-state index < -0.39 is 0 Å². The fraction of sp³-hybridized carbons (Fsp3) is 0.0870. The van der Waals surface area contributed by atoms with E-state index in [0.29, 0.717) is 0 Å². The topological polar surface area (TPSA) is 31.0 Å². The number of pyridine rings is 1. The van der Waals surface area contributed by atoms with Crippen molar-refractivity contribution in [1.82, 2.24) is 9.55 Å². The van der Waals surface area contributed by atoms with E-state index in [-0.39, 0.29) is 0 Å².